The summed E-state index contributed by atoms with van der Waals surface area (Å²) in [6, 6.07) is 20.1. The highest BCUT2D eigenvalue weighted by molar-refractivity contribution is 7.99. The zero-order valence-corrected chi connectivity index (χ0v) is 16.4. The molecule has 0 fully saturated rings. The van der Waals surface area contributed by atoms with Crippen molar-refractivity contribution in [2.45, 2.75) is 11.7 Å². The van der Waals surface area contributed by atoms with Gasteiger partial charge in [0, 0.05) is 23.7 Å². The number of hydrogen-bond acceptors (Lipinski definition) is 5. The summed E-state index contributed by atoms with van der Waals surface area (Å²) in [7, 11) is 0. The van der Waals surface area contributed by atoms with E-state index in [2.05, 4.69) is 31.9 Å². The van der Waals surface area contributed by atoms with Crippen LogP contribution in [0.2, 0.25) is 0 Å². The number of thioether (sulfide) groups is 1. The summed E-state index contributed by atoms with van der Waals surface area (Å²) in [4.78, 5) is 4.20. The Labute approximate surface area is 172 Å². The average Bonchev–Trinajstić information content (AvgIpc) is 3.16. The van der Waals surface area contributed by atoms with Crippen molar-refractivity contribution < 1.29 is 9.13 Å². The molecule has 0 spiro atoms. The summed E-state index contributed by atoms with van der Waals surface area (Å²) in [5, 5.41) is 9.60. The van der Waals surface area contributed by atoms with Gasteiger partial charge in [0.25, 0.3) is 0 Å². The molecule has 2 heterocycles. The Kier molecular flexibility index (Phi) is 6.16. The smallest absolute Gasteiger partial charge is 0.191 e. The molecule has 7 heteroatoms. The van der Waals surface area contributed by atoms with Crippen molar-refractivity contribution in [1.82, 2.24) is 19.7 Å². The molecule has 0 radical (unpaired) electrons. The predicted octanol–water partition coefficient (Wildman–Crippen LogP) is 4.70. The molecule has 0 unspecified atom stereocenters. The fourth-order valence-corrected chi connectivity index (χ4v) is 3.59. The third-order valence-electron chi connectivity index (χ3n) is 4.22. The minimum atomic E-state index is -0.274. The second kappa shape index (κ2) is 9.34. The highest BCUT2D eigenvalue weighted by Crippen LogP contribution is 2.25. The Hall–Kier alpha value is -3.19. The molecule has 4 aromatic rings. The van der Waals surface area contributed by atoms with E-state index in [1.165, 1.54) is 17.7 Å². The predicted molar refractivity (Wildman–Crippen MR) is 111 cm³/mol. The SMILES string of the molecule is Fc1ccc(OCCSc2nnc(-c3cccnc3)n2Cc2ccccc2)cc1. The van der Waals surface area contributed by atoms with E-state index in [0.29, 0.717) is 24.7 Å². The van der Waals surface area contributed by atoms with E-state index in [-0.39, 0.29) is 5.82 Å². The topological polar surface area (TPSA) is 52.8 Å². The molecule has 0 amide bonds. The van der Waals surface area contributed by atoms with Crippen molar-refractivity contribution in [2.24, 2.45) is 0 Å². The van der Waals surface area contributed by atoms with Gasteiger partial charge in [-0.2, -0.15) is 0 Å². The molecule has 0 saturated heterocycles. The van der Waals surface area contributed by atoms with Crippen LogP contribution in [0.25, 0.3) is 11.4 Å². The molecule has 5 nitrogen and oxygen atoms in total. The number of aromatic nitrogens is 4. The van der Waals surface area contributed by atoms with Crippen molar-refractivity contribution in [3.8, 4) is 17.1 Å². The number of pyridine rings is 1. The fraction of sp³-hybridized carbons (Fsp3) is 0.136. The molecule has 0 aliphatic carbocycles. The van der Waals surface area contributed by atoms with Gasteiger partial charge in [0.05, 0.1) is 13.2 Å². The van der Waals surface area contributed by atoms with Crippen molar-refractivity contribution in [2.75, 3.05) is 12.4 Å². The monoisotopic (exact) mass is 406 g/mol. The number of benzene rings is 2. The van der Waals surface area contributed by atoms with Gasteiger partial charge < -0.3 is 4.74 Å². The lowest BCUT2D eigenvalue weighted by atomic mass is 10.2. The first-order valence-electron chi connectivity index (χ1n) is 9.18. The van der Waals surface area contributed by atoms with E-state index in [1.54, 1.807) is 36.3 Å². The van der Waals surface area contributed by atoms with Crippen LogP contribution >= 0.6 is 11.8 Å². The van der Waals surface area contributed by atoms with Crippen LogP contribution in [0, 0.1) is 5.82 Å². The van der Waals surface area contributed by atoms with Crippen molar-refractivity contribution in [3.05, 3.63) is 90.5 Å². The molecule has 146 valence electrons. The molecule has 0 N–H and O–H groups in total. The van der Waals surface area contributed by atoms with Crippen molar-refractivity contribution in [1.29, 1.82) is 0 Å². The van der Waals surface area contributed by atoms with Crippen LogP contribution in [0.5, 0.6) is 5.75 Å². The Balaban J connectivity index is 1.48. The van der Waals surface area contributed by atoms with Gasteiger partial charge in [-0.05, 0) is 42.0 Å². The first-order valence-corrected chi connectivity index (χ1v) is 10.2. The maximum Gasteiger partial charge on any atom is 0.191 e. The van der Waals surface area contributed by atoms with E-state index in [4.69, 9.17) is 4.74 Å². The van der Waals surface area contributed by atoms with Gasteiger partial charge in [-0.1, -0.05) is 42.1 Å². The molecule has 0 aliphatic heterocycles. The van der Waals surface area contributed by atoms with E-state index >= 15 is 0 Å². The fourth-order valence-electron chi connectivity index (χ4n) is 2.84. The summed E-state index contributed by atoms with van der Waals surface area (Å²) < 4.78 is 20.7. The maximum absolute atomic E-state index is 13.0. The van der Waals surface area contributed by atoms with Crippen LogP contribution in [-0.4, -0.2) is 32.1 Å². The number of rotatable bonds is 8. The van der Waals surface area contributed by atoms with E-state index in [0.717, 1.165) is 16.5 Å². The quantitative estimate of drug-likeness (QED) is 0.314. The molecule has 2 aromatic heterocycles. The minimum absolute atomic E-state index is 0.274. The van der Waals surface area contributed by atoms with Crippen molar-refractivity contribution in [3.63, 3.8) is 0 Å². The van der Waals surface area contributed by atoms with Gasteiger partial charge in [-0.3, -0.25) is 9.55 Å². The Morgan fingerprint density at radius 2 is 1.76 bits per heavy atom. The molecule has 0 aliphatic rings. The number of ether oxygens (including phenoxy) is 1. The van der Waals surface area contributed by atoms with Gasteiger partial charge in [-0.15, -0.1) is 10.2 Å². The van der Waals surface area contributed by atoms with Crippen LogP contribution in [-0.2, 0) is 6.54 Å². The molecule has 29 heavy (non-hydrogen) atoms. The highest BCUT2D eigenvalue weighted by Gasteiger charge is 2.15. The van der Waals surface area contributed by atoms with E-state index < -0.39 is 0 Å². The first-order chi connectivity index (χ1) is 14.3. The van der Waals surface area contributed by atoms with Gasteiger partial charge in [0.15, 0.2) is 11.0 Å². The van der Waals surface area contributed by atoms with Gasteiger partial charge >= 0.3 is 0 Å². The maximum atomic E-state index is 13.0. The standard InChI is InChI=1S/C22H19FN4OS/c23-19-8-10-20(11-9-19)28-13-14-29-22-26-25-21(18-7-4-12-24-15-18)27(22)16-17-5-2-1-3-6-17/h1-12,15H,13-14,16H2. The third-order valence-corrected chi connectivity index (χ3v) is 5.15. The third kappa shape index (κ3) is 5.00. The van der Waals surface area contributed by atoms with Gasteiger partial charge in [-0.25, -0.2) is 4.39 Å². The largest absolute Gasteiger partial charge is 0.493 e. The molecule has 0 bridgehead atoms. The molecular formula is C22H19FN4OS. The van der Waals surface area contributed by atoms with Crippen LogP contribution in [0.3, 0.4) is 0 Å². The first kappa shape index (κ1) is 19.1. The molecular weight excluding hydrogens is 387 g/mol. The lowest BCUT2D eigenvalue weighted by molar-refractivity contribution is 0.343. The van der Waals surface area contributed by atoms with Gasteiger partial charge in [0.2, 0.25) is 0 Å². The second-order valence-corrected chi connectivity index (χ2v) is 7.33. The average molecular weight is 406 g/mol. The normalized spacial score (nSPS) is 10.8. The molecule has 0 atom stereocenters. The number of hydrogen-bond donors (Lipinski definition) is 0. The Bertz CT molecular complexity index is 1040. The number of nitrogens with zero attached hydrogens (tertiary/aromatic N) is 4. The minimum Gasteiger partial charge on any atom is -0.493 e. The van der Waals surface area contributed by atoms with Crippen LogP contribution in [0.4, 0.5) is 4.39 Å². The summed E-state index contributed by atoms with van der Waals surface area (Å²) in [5.74, 6) is 1.85. The highest BCUT2D eigenvalue weighted by atomic mass is 32.2. The second-order valence-electron chi connectivity index (χ2n) is 6.27. The molecule has 4 rings (SSSR count). The van der Waals surface area contributed by atoms with Gasteiger partial charge in [0.1, 0.15) is 11.6 Å². The summed E-state index contributed by atoms with van der Waals surface area (Å²) in [5.41, 5.74) is 2.09. The molecule has 2 aromatic carbocycles. The van der Waals surface area contributed by atoms with E-state index in [9.17, 15) is 4.39 Å². The lowest BCUT2D eigenvalue weighted by Gasteiger charge is -2.11. The molecule has 0 saturated carbocycles. The number of halogens is 1. The van der Waals surface area contributed by atoms with Crippen LogP contribution in [0.1, 0.15) is 5.56 Å². The zero-order chi connectivity index (χ0) is 19.9. The summed E-state index contributed by atoms with van der Waals surface area (Å²) in [6.07, 6.45) is 3.53. The van der Waals surface area contributed by atoms with Crippen LogP contribution in [0.15, 0.2) is 84.3 Å². The lowest BCUT2D eigenvalue weighted by Crippen LogP contribution is -2.06. The summed E-state index contributed by atoms with van der Waals surface area (Å²) in [6.45, 7) is 1.15. The van der Waals surface area contributed by atoms with Crippen LogP contribution < -0.4 is 4.74 Å². The Morgan fingerprint density at radius 1 is 0.931 bits per heavy atom. The zero-order valence-electron chi connectivity index (χ0n) is 15.6. The van der Waals surface area contributed by atoms with E-state index in [1.807, 2.05) is 30.3 Å². The Morgan fingerprint density at radius 3 is 2.52 bits per heavy atom. The van der Waals surface area contributed by atoms with Crippen molar-refractivity contribution >= 4 is 11.8 Å². The summed E-state index contributed by atoms with van der Waals surface area (Å²) >= 11 is 1.57.